The molecule has 1 fully saturated rings. The number of halogens is 1. The van der Waals surface area contributed by atoms with E-state index >= 15 is 0 Å². The number of rotatable bonds is 1. The van der Waals surface area contributed by atoms with Crippen LogP contribution in [0.3, 0.4) is 0 Å². The number of hydrogen-bond donors (Lipinski definition) is 1. The molecule has 0 bridgehead atoms. The number of piperazine rings is 1. The average Bonchev–Trinajstić information content (AvgIpc) is 2.54. The lowest BCUT2D eigenvalue weighted by atomic mass is 10.4. The van der Waals surface area contributed by atoms with Gasteiger partial charge in [0.1, 0.15) is 5.00 Å². The highest BCUT2D eigenvalue weighted by Gasteiger charge is 2.11. The predicted octanol–water partition coefficient (Wildman–Crippen LogP) is 1.28. The zero-order chi connectivity index (χ0) is 8.39. The minimum Gasteiger partial charge on any atom is -0.360 e. The zero-order valence-corrected chi connectivity index (χ0v) is 9.25. The topological polar surface area (TPSA) is 28.2 Å². The third-order valence-electron chi connectivity index (χ3n) is 2.04. The van der Waals surface area contributed by atoms with Gasteiger partial charge < -0.3 is 10.2 Å². The van der Waals surface area contributed by atoms with Gasteiger partial charge >= 0.3 is 0 Å². The molecule has 1 N–H and O–H groups in total. The Kier molecular flexibility index (Phi) is 3.96. The summed E-state index contributed by atoms with van der Waals surface area (Å²) in [6.45, 7) is 6.47. The monoisotopic (exact) mass is 219 g/mol. The minimum absolute atomic E-state index is 0. The number of hydrogen-bond acceptors (Lipinski definition) is 4. The summed E-state index contributed by atoms with van der Waals surface area (Å²) in [6.07, 6.45) is 1.98. The van der Waals surface area contributed by atoms with Gasteiger partial charge in [-0.05, 0) is 6.92 Å². The van der Waals surface area contributed by atoms with Crippen LogP contribution in [0.25, 0.3) is 0 Å². The molecule has 1 aliphatic heterocycles. The van der Waals surface area contributed by atoms with Crippen LogP contribution in [-0.2, 0) is 0 Å². The van der Waals surface area contributed by atoms with E-state index in [1.807, 2.05) is 6.20 Å². The smallest absolute Gasteiger partial charge is 0.111 e. The van der Waals surface area contributed by atoms with Crippen LogP contribution in [0.1, 0.15) is 5.01 Å². The SMILES string of the molecule is Cc1ncc(N2CCNCC2)s1.Cl. The van der Waals surface area contributed by atoms with Crippen LogP contribution in [0.4, 0.5) is 5.00 Å². The molecule has 5 heteroatoms. The van der Waals surface area contributed by atoms with E-state index in [1.54, 1.807) is 11.3 Å². The Balaban J connectivity index is 0.000000845. The number of thiazole rings is 1. The first-order valence-corrected chi connectivity index (χ1v) is 5.06. The first-order valence-electron chi connectivity index (χ1n) is 4.24. The van der Waals surface area contributed by atoms with Crippen molar-refractivity contribution in [2.24, 2.45) is 0 Å². The van der Waals surface area contributed by atoms with E-state index in [2.05, 4.69) is 22.1 Å². The van der Waals surface area contributed by atoms with E-state index in [0.717, 1.165) is 31.2 Å². The molecular weight excluding hydrogens is 206 g/mol. The van der Waals surface area contributed by atoms with Gasteiger partial charge in [0.25, 0.3) is 0 Å². The number of nitrogens with zero attached hydrogens (tertiary/aromatic N) is 2. The quantitative estimate of drug-likeness (QED) is 0.772. The summed E-state index contributed by atoms with van der Waals surface area (Å²) < 4.78 is 0. The molecule has 3 nitrogen and oxygen atoms in total. The summed E-state index contributed by atoms with van der Waals surface area (Å²) in [5.41, 5.74) is 0. The van der Waals surface area contributed by atoms with E-state index in [4.69, 9.17) is 0 Å². The molecule has 2 heterocycles. The van der Waals surface area contributed by atoms with Crippen molar-refractivity contribution in [2.45, 2.75) is 6.92 Å². The van der Waals surface area contributed by atoms with Gasteiger partial charge in [0, 0.05) is 26.2 Å². The fourth-order valence-corrected chi connectivity index (χ4v) is 2.21. The van der Waals surface area contributed by atoms with Crippen molar-refractivity contribution in [3.63, 3.8) is 0 Å². The molecule has 0 amide bonds. The van der Waals surface area contributed by atoms with Gasteiger partial charge in [-0.1, -0.05) is 0 Å². The molecule has 1 aromatic rings. The van der Waals surface area contributed by atoms with Crippen LogP contribution >= 0.6 is 23.7 Å². The Morgan fingerprint density at radius 3 is 2.69 bits per heavy atom. The molecule has 0 spiro atoms. The van der Waals surface area contributed by atoms with E-state index < -0.39 is 0 Å². The third-order valence-corrected chi connectivity index (χ3v) is 3.01. The average molecular weight is 220 g/mol. The Bertz CT molecular complexity index is 258. The van der Waals surface area contributed by atoms with Crippen molar-refractivity contribution in [2.75, 3.05) is 31.1 Å². The second kappa shape index (κ2) is 4.79. The zero-order valence-electron chi connectivity index (χ0n) is 7.62. The van der Waals surface area contributed by atoms with Crippen molar-refractivity contribution >= 4 is 28.7 Å². The van der Waals surface area contributed by atoms with E-state index in [0.29, 0.717) is 0 Å². The molecule has 74 valence electrons. The van der Waals surface area contributed by atoms with Crippen LogP contribution in [0, 0.1) is 6.92 Å². The van der Waals surface area contributed by atoms with Crippen molar-refractivity contribution in [1.29, 1.82) is 0 Å². The standard InChI is InChI=1S/C8H13N3S.ClH/c1-7-10-6-8(12-7)11-4-2-9-3-5-11;/h6,9H,2-5H2,1H3;1H. The Labute approximate surface area is 88.6 Å². The molecular formula is C8H14ClN3S. The summed E-state index contributed by atoms with van der Waals surface area (Å²) in [5.74, 6) is 0. The van der Waals surface area contributed by atoms with Gasteiger partial charge in [0.05, 0.1) is 11.2 Å². The van der Waals surface area contributed by atoms with Gasteiger partial charge in [0.15, 0.2) is 0 Å². The number of aryl methyl sites for hydroxylation is 1. The first kappa shape index (κ1) is 10.8. The van der Waals surface area contributed by atoms with E-state index in [1.165, 1.54) is 5.00 Å². The molecule has 1 saturated heterocycles. The van der Waals surface area contributed by atoms with Crippen molar-refractivity contribution in [3.05, 3.63) is 11.2 Å². The Morgan fingerprint density at radius 2 is 2.15 bits per heavy atom. The number of nitrogens with one attached hydrogen (secondary N) is 1. The van der Waals surface area contributed by atoms with Gasteiger partial charge in [-0.15, -0.1) is 23.7 Å². The molecule has 0 atom stereocenters. The normalized spacial score (nSPS) is 16.8. The van der Waals surface area contributed by atoms with Crippen molar-refractivity contribution < 1.29 is 0 Å². The summed E-state index contributed by atoms with van der Waals surface area (Å²) >= 11 is 1.78. The first-order chi connectivity index (χ1) is 5.86. The van der Waals surface area contributed by atoms with Gasteiger partial charge in [0.2, 0.25) is 0 Å². The third kappa shape index (κ3) is 2.56. The maximum absolute atomic E-state index is 4.25. The van der Waals surface area contributed by atoms with Gasteiger partial charge in [-0.2, -0.15) is 0 Å². The van der Waals surface area contributed by atoms with Crippen LogP contribution in [0.5, 0.6) is 0 Å². The molecule has 0 aromatic carbocycles. The van der Waals surface area contributed by atoms with E-state index in [-0.39, 0.29) is 12.4 Å². The van der Waals surface area contributed by atoms with Crippen LogP contribution in [0.2, 0.25) is 0 Å². The highest BCUT2D eigenvalue weighted by Crippen LogP contribution is 2.22. The summed E-state index contributed by atoms with van der Waals surface area (Å²) in [6, 6.07) is 0. The summed E-state index contributed by atoms with van der Waals surface area (Å²) in [5, 5.41) is 5.80. The van der Waals surface area contributed by atoms with Crippen LogP contribution in [-0.4, -0.2) is 31.2 Å². The lowest BCUT2D eigenvalue weighted by molar-refractivity contribution is 0.591. The number of anilines is 1. The largest absolute Gasteiger partial charge is 0.360 e. The van der Waals surface area contributed by atoms with Gasteiger partial charge in [-0.25, -0.2) is 4.98 Å². The molecule has 1 aromatic heterocycles. The lowest BCUT2D eigenvalue weighted by Crippen LogP contribution is -2.43. The lowest BCUT2D eigenvalue weighted by Gasteiger charge is -2.27. The highest BCUT2D eigenvalue weighted by atomic mass is 35.5. The van der Waals surface area contributed by atoms with Gasteiger partial charge in [-0.3, -0.25) is 0 Å². The van der Waals surface area contributed by atoms with Crippen molar-refractivity contribution in [3.8, 4) is 0 Å². The molecule has 0 aliphatic carbocycles. The van der Waals surface area contributed by atoms with E-state index in [9.17, 15) is 0 Å². The second-order valence-electron chi connectivity index (χ2n) is 2.95. The molecule has 2 rings (SSSR count). The fourth-order valence-electron chi connectivity index (χ4n) is 1.38. The molecule has 0 saturated carbocycles. The maximum Gasteiger partial charge on any atom is 0.111 e. The van der Waals surface area contributed by atoms with Crippen LogP contribution < -0.4 is 10.2 Å². The minimum atomic E-state index is 0. The van der Waals surface area contributed by atoms with Crippen LogP contribution in [0.15, 0.2) is 6.20 Å². The summed E-state index contributed by atoms with van der Waals surface area (Å²) in [7, 11) is 0. The second-order valence-corrected chi connectivity index (χ2v) is 4.17. The Hall–Kier alpha value is -0.320. The Morgan fingerprint density at radius 1 is 1.46 bits per heavy atom. The maximum atomic E-state index is 4.25. The number of aromatic nitrogens is 1. The molecule has 0 unspecified atom stereocenters. The predicted molar refractivity (Wildman–Crippen MR) is 59.2 cm³/mol. The fraction of sp³-hybridized carbons (Fsp3) is 0.625. The molecule has 13 heavy (non-hydrogen) atoms. The molecule has 0 radical (unpaired) electrons. The molecule has 1 aliphatic rings. The van der Waals surface area contributed by atoms with Crippen molar-refractivity contribution in [1.82, 2.24) is 10.3 Å². The summed E-state index contributed by atoms with van der Waals surface area (Å²) in [4.78, 5) is 6.64. The highest BCUT2D eigenvalue weighted by molar-refractivity contribution is 7.15.